The maximum absolute atomic E-state index is 13.0. The van der Waals surface area contributed by atoms with Gasteiger partial charge in [-0.15, -0.1) is 0 Å². The first kappa shape index (κ1) is 13.9. The van der Waals surface area contributed by atoms with E-state index < -0.39 is 17.5 Å². The molecule has 0 unspecified atom stereocenters. The van der Waals surface area contributed by atoms with Crippen molar-refractivity contribution in [1.29, 1.82) is 0 Å². The van der Waals surface area contributed by atoms with Crippen LogP contribution >= 0.6 is 0 Å². The Balaban J connectivity index is 2.13. The summed E-state index contributed by atoms with van der Waals surface area (Å²) in [5, 5.41) is 2.44. The minimum atomic E-state index is -1.03. The van der Waals surface area contributed by atoms with E-state index in [1.807, 2.05) is 0 Å². The van der Waals surface area contributed by atoms with Crippen molar-refractivity contribution in [3.8, 4) is 0 Å². The third-order valence-corrected chi connectivity index (χ3v) is 2.48. The minimum Gasteiger partial charge on any atom is -0.347 e. The van der Waals surface area contributed by atoms with Crippen LogP contribution in [0.25, 0.3) is 0 Å². The second kappa shape index (κ2) is 5.60. The molecule has 0 aliphatic carbocycles. The molecule has 0 bridgehead atoms. The van der Waals surface area contributed by atoms with E-state index >= 15 is 0 Å². The molecule has 104 valence electrons. The quantitative estimate of drug-likeness (QED) is 0.933. The molecule has 0 atom stereocenters. The van der Waals surface area contributed by atoms with Crippen molar-refractivity contribution in [1.82, 2.24) is 9.97 Å². The molecule has 0 fully saturated rings. The van der Waals surface area contributed by atoms with Crippen molar-refractivity contribution < 1.29 is 13.6 Å². The van der Waals surface area contributed by atoms with E-state index in [1.165, 1.54) is 18.5 Å². The van der Waals surface area contributed by atoms with Crippen molar-refractivity contribution >= 4 is 17.5 Å². The lowest BCUT2D eigenvalue weighted by Gasteiger charge is -2.10. The first-order chi connectivity index (χ1) is 9.47. The average molecular weight is 278 g/mol. The Hall–Kier alpha value is -2.57. The predicted octanol–water partition coefficient (Wildman–Crippen LogP) is 2.07. The fourth-order valence-corrected chi connectivity index (χ4v) is 1.45. The highest BCUT2D eigenvalue weighted by Gasteiger charge is 2.10. The van der Waals surface area contributed by atoms with Gasteiger partial charge in [0.1, 0.15) is 0 Å². The van der Waals surface area contributed by atoms with Gasteiger partial charge >= 0.3 is 0 Å². The Morgan fingerprint density at radius 2 is 1.80 bits per heavy atom. The number of halogens is 2. The fraction of sp³-hybridized carbons (Fsp3) is 0.154. The normalized spacial score (nSPS) is 10.2. The zero-order chi connectivity index (χ0) is 14.7. The summed E-state index contributed by atoms with van der Waals surface area (Å²) in [4.78, 5) is 21.5. The summed E-state index contributed by atoms with van der Waals surface area (Å²) in [6.45, 7) is 0. The summed E-state index contributed by atoms with van der Waals surface area (Å²) in [6.07, 6.45) is 2.72. The number of carbonyl (C=O) groups is 1. The van der Waals surface area contributed by atoms with Gasteiger partial charge in [-0.3, -0.25) is 4.79 Å². The number of anilines is 2. The van der Waals surface area contributed by atoms with Crippen LogP contribution in [0.5, 0.6) is 0 Å². The van der Waals surface area contributed by atoms with Crippen LogP contribution in [0.15, 0.2) is 30.6 Å². The Kier molecular flexibility index (Phi) is 3.88. The lowest BCUT2D eigenvalue weighted by molar-refractivity contribution is 0.102. The number of nitrogens with zero attached hydrogens (tertiary/aromatic N) is 3. The summed E-state index contributed by atoms with van der Waals surface area (Å²) in [5.41, 5.74) is 0.380. The smallest absolute Gasteiger partial charge is 0.258 e. The zero-order valence-corrected chi connectivity index (χ0v) is 10.9. The van der Waals surface area contributed by atoms with Gasteiger partial charge in [0.15, 0.2) is 11.6 Å². The Morgan fingerprint density at radius 3 is 2.35 bits per heavy atom. The van der Waals surface area contributed by atoms with Gasteiger partial charge in [-0.25, -0.2) is 18.7 Å². The summed E-state index contributed by atoms with van der Waals surface area (Å²) >= 11 is 0. The number of hydrogen-bond donors (Lipinski definition) is 1. The summed E-state index contributed by atoms with van der Waals surface area (Å²) in [5.74, 6) is -2.03. The molecule has 5 nitrogen and oxygen atoms in total. The van der Waals surface area contributed by atoms with Gasteiger partial charge in [0, 0.05) is 38.2 Å². The van der Waals surface area contributed by atoms with Crippen molar-refractivity contribution in [3.05, 3.63) is 47.8 Å². The standard InChI is InChI=1S/C13H12F2N4O/c1-19(2)13-16-6-8(7-17-13)12(20)18-9-3-4-10(14)11(15)5-9/h3-7H,1-2H3,(H,18,20). The van der Waals surface area contributed by atoms with Crippen molar-refractivity contribution in [2.75, 3.05) is 24.3 Å². The van der Waals surface area contributed by atoms with Gasteiger partial charge in [0.25, 0.3) is 5.91 Å². The van der Waals surface area contributed by atoms with E-state index in [0.717, 1.165) is 12.1 Å². The SMILES string of the molecule is CN(C)c1ncc(C(=O)Nc2ccc(F)c(F)c2)cn1. The molecule has 20 heavy (non-hydrogen) atoms. The van der Waals surface area contributed by atoms with Crippen LogP contribution in [0.2, 0.25) is 0 Å². The molecule has 0 saturated heterocycles. The Morgan fingerprint density at radius 1 is 1.15 bits per heavy atom. The monoisotopic (exact) mass is 278 g/mol. The van der Waals surface area contributed by atoms with Crippen LogP contribution in [0.3, 0.4) is 0 Å². The molecule has 1 heterocycles. The molecular weight excluding hydrogens is 266 g/mol. The van der Waals surface area contributed by atoms with E-state index in [2.05, 4.69) is 15.3 Å². The molecule has 1 aromatic carbocycles. The summed E-state index contributed by atoms with van der Waals surface area (Å²) in [6, 6.07) is 3.12. The number of rotatable bonds is 3. The highest BCUT2D eigenvalue weighted by atomic mass is 19.2. The van der Waals surface area contributed by atoms with Gasteiger partial charge in [0.05, 0.1) is 5.56 Å². The molecule has 7 heteroatoms. The highest BCUT2D eigenvalue weighted by Crippen LogP contribution is 2.14. The van der Waals surface area contributed by atoms with Crippen LogP contribution in [-0.2, 0) is 0 Å². The van der Waals surface area contributed by atoms with E-state index in [-0.39, 0.29) is 11.3 Å². The van der Waals surface area contributed by atoms with E-state index in [1.54, 1.807) is 19.0 Å². The van der Waals surface area contributed by atoms with Crippen LogP contribution in [0.1, 0.15) is 10.4 Å². The Labute approximate surface area is 114 Å². The van der Waals surface area contributed by atoms with Gasteiger partial charge in [0.2, 0.25) is 5.95 Å². The molecule has 0 aliphatic heterocycles. The second-order valence-electron chi connectivity index (χ2n) is 4.25. The van der Waals surface area contributed by atoms with Gasteiger partial charge in [-0.05, 0) is 12.1 Å². The average Bonchev–Trinajstić information content (AvgIpc) is 2.43. The van der Waals surface area contributed by atoms with Crippen molar-refractivity contribution in [3.63, 3.8) is 0 Å². The first-order valence-corrected chi connectivity index (χ1v) is 5.73. The molecule has 2 rings (SSSR count). The molecule has 0 radical (unpaired) electrons. The Bertz CT molecular complexity index is 629. The second-order valence-corrected chi connectivity index (χ2v) is 4.25. The first-order valence-electron chi connectivity index (χ1n) is 5.73. The topological polar surface area (TPSA) is 58.1 Å². The van der Waals surface area contributed by atoms with Crippen molar-refractivity contribution in [2.24, 2.45) is 0 Å². The van der Waals surface area contributed by atoms with E-state index in [0.29, 0.717) is 5.95 Å². The zero-order valence-electron chi connectivity index (χ0n) is 10.9. The number of nitrogens with one attached hydrogen (secondary N) is 1. The predicted molar refractivity (Wildman–Crippen MR) is 70.7 cm³/mol. The van der Waals surface area contributed by atoms with Crippen LogP contribution in [0, 0.1) is 11.6 Å². The highest BCUT2D eigenvalue weighted by molar-refractivity contribution is 6.03. The number of carbonyl (C=O) groups excluding carboxylic acids is 1. The fourth-order valence-electron chi connectivity index (χ4n) is 1.45. The van der Waals surface area contributed by atoms with E-state index in [9.17, 15) is 13.6 Å². The number of benzene rings is 1. The van der Waals surface area contributed by atoms with Gasteiger partial charge in [-0.1, -0.05) is 0 Å². The molecule has 0 saturated carbocycles. The van der Waals surface area contributed by atoms with Gasteiger partial charge < -0.3 is 10.2 Å². The molecule has 2 aromatic rings. The van der Waals surface area contributed by atoms with Crippen molar-refractivity contribution in [2.45, 2.75) is 0 Å². The van der Waals surface area contributed by atoms with Gasteiger partial charge in [-0.2, -0.15) is 0 Å². The summed E-state index contributed by atoms with van der Waals surface area (Å²) < 4.78 is 25.8. The van der Waals surface area contributed by atoms with Crippen LogP contribution < -0.4 is 10.2 Å². The molecule has 0 aliphatic rings. The molecule has 1 N–H and O–H groups in total. The van der Waals surface area contributed by atoms with Crippen LogP contribution in [0.4, 0.5) is 20.4 Å². The number of aromatic nitrogens is 2. The molecule has 1 amide bonds. The summed E-state index contributed by atoms with van der Waals surface area (Å²) in [7, 11) is 3.55. The van der Waals surface area contributed by atoms with E-state index in [4.69, 9.17) is 0 Å². The molecular formula is C13H12F2N4O. The largest absolute Gasteiger partial charge is 0.347 e. The lowest BCUT2D eigenvalue weighted by Crippen LogP contribution is -2.16. The minimum absolute atomic E-state index is 0.158. The lowest BCUT2D eigenvalue weighted by atomic mass is 10.2. The molecule has 0 spiro atoms. The number of amides is 1. The van der Waals surface area contributed by atoms with Crippen LogP contribution in [-0.4, -0.2) is 30.0 Å². The molecule has 1 aromatic heterocycles. The third kappa shape index (κ3) is 3.05. The maximum atomic E-state index is 13.0. The number of hydrogen-bond acceptors (Lipinski definition) is 4. The maximum Gasteiger partial charge on any atom is 0.258 e. The third-order valence-electron chi connectivity index (χ3n) is 2.48.